The average molecular weight is 383 g/mol. The Morgan fingerprint density at radius 1 is 1.29 bits per heavy atom. The van der Waals surface area contributed by atoms with Crippen LogP contribution in [0.2, 0.25) is 0 Å². The van der Waals surface area contributed by atoms with Gasteiger partial charge in [0.15, 0.2) is 0 Å². The summed E-state index contributed by atoms with van der Waals surface area (Å²) in [5, 5.41) is 16.4. The molecule has 150 valence electrons. The summed E-state index contributed by atoms with van der Waals surface area (Å²) in [5.74, 6) is 0.566. The monoisotopic (exact) mass is 382 g/mol. The lowest BCUT2D eigenvalue weighted by atomic mass is 9.76. The van der Waals surface area contributed by atoms with Crippen molar-refractivity contribution in [2.24, 2.45) is 11.3 Å². The van der Waals surface area contributed by atoms with Gasteiger partial charge >= 0.3 is 0 Å². The Labute approximate surface area is 166 Å². The number of nitrogens with zero attached hydrogens (tertiary/aromatic N) is 3. The van der Waals surface area contributed by atoms with Crippen molar-refractivity contribution in [2.45, 2.75) is 26.2 Å². The first-order chi connectivity index (χ1) is 13.6. The molecule has 6 nitrogen and oxygen atoms in total. The number of carbonyl (C=O) groups is 1. The van der Waals surface area contributed by atoms with Gasteiger partial charge < -0.3 is 14.9 Å². The molecular formula is C22H30N4O2. The molecule has 2 aliphatic rings. The standard InChI is InChI=1S/C22H30N4O2/c1-2-20-19(12-23-24-20)21(28)26-14-18-13-25(10-11-27)15-22(18,16-26)9-8-17-6-4-3-5-7-17/h3-7,12,18,27H,2,8-11,13-16H2,1H3,(H,23,24). The van der Waals surface area contributed by atoms with E-state index in [1.807, 2.05) is 11.8 Å². The van der Waals surface area contributed by atoms with Gasteiger partial charge in [-0.2, -0.15) is 5.10 Å². The van der Waals surface area contributed by atoms with E-state index in [1.165, 1.54) is 5.56 Å². The van der Waals surface area contributed by atoms with Crippen molar-refractivity contribution in [3.63, 3.8) is 0 Å². The Kier molecular flexibility index (Phi) is 5.51. The van der Waals surface area contributed by atoms with Crippen molar-refractivity contribution in [2.75, 3.05) is 39.3 Å². The lowest BCUT2D eigenvalue weighted by molar-refractivity contribution is 0.0752. The molecule has 2 aliphatic heterocycles. The van der Waals surface area contributed by atoms with Crippen LogP contribution in [-0.2, 0) is 12.8 Å². The predicted octanol–water partition coefficient (Wildman–Crippen LogP) is 1.97. The molecule has 0 radical (unpaired) electrons. The Morgan fingerprint density at radius 2 is 2.11 bits per heavy atom. The summed E-state index contributed by atoms with van der Waals surface area (Å²) in [6.07, 6.45) is 4.55. The van der Waals surface area contributed by atoms with Gasteiger partial charge in [-0.25, -0.2) is 0 Å². The number of nitrogens with one attached hydrogen (secondary N) is 1. The maximum atomic E-state index is 13.2. The fraction of sp³-hybridized carbons (Fsp3) is 0.545. The zero-order valence-corrected chi connectivity index (χ0v) is 16.6. The summed E-state index contributed by atoms with van der Waals surface area (Å²) in [6, 6.07) is 10.6. The lowest BCUT2D eigenvalue weighted by Gasteiger charge is -2.29. The van der Waals surface area contributed by atoms with E-state index in [9.17, 15) is 9.90 Å². The summed E-state index contributed by atoms with van der Waals surface area (Å²) in [6.45, 7) is 6.46. The van der Waals surface area contributed by atoms with E-state index in [2.05, 4.69) is 45.4 Å². The Hall–Kier alpha value is -2.18. The van der Waals surface area contributed by atoms with Gasteiger partial charge in [0, 0.05) is 43.8 Å². The molecule has 1 aromatic heterocycles. The molecule has 6 heteroatoms. The van der Waals surface area contributed by atoms with Crippen molar-refractivity contribution in [3.8, 4) is 0 Å². The largest absolute Gasteiger partial charge is 0.395 e. The van der Waals surface area contributed by atoms with Crippen molar-refractivity contribution in [3.05, 3.63) is 53.3 Å². The maximum Gasteiger partial charge on any atom is 0.257 e. The summed E-state index contributed by atoms with van der Waals surface area (Å²) in [5.41, 5.74) is 3.09. The van der Waals surface area contributed by atoms with E-state index < -0.39 is 0 Å². The minimum Gasteiger partial charge on any atom is -0.395 e. The van der Waals surface area contributed by atoms with Crippen LogP contribution in [0.15, 0.2) is 36.5 Å². The molecular weight excluding hydrogens is 352 g/mol. The first-order valence-corrected chi connectivity index (χ1v) is 10.3. The van der Waals surface area contributed by atoms with E-state index >= 15 is 0 Å². The van der Waals surface area contributed by atoms with Gasteiger partial charge in [0.05, 0.1) is 18.4 Å². The van der Waals surface area contributed by atoms with Crippen molar-refractivity contribution in [1.29, 1.82) is 0 Å². The first-order valence-electron chi connectivity index (χ1n) is 10.3. The number of amides is 1. The number of aliphatic hydroxyl groups is 1. The van der Waals surface area contributed by atoms with Gasteiger partial charge in [-0.05, 0) is 30.7 Å². The number of carbonyl (C=O) groups excluding carboxylic acids is 1. The molecule has 2 saturated heterocycles. The summed E-state index contributed by atoms with van der Waals surface area (Å²) >= 11 is 0. The van der Waals surface area contributed by atoms with Crippen LogP contribution in [0.5, 0.6) is 0 Å². The zero-order valence-electron chi connectivity index (χ0n) is 16.6. The molecule has 0 aliphatic carbocycles. The second-order valence-corrected chi connectivity index (χ2v) is 8.31. The topological polar surface area (TPSA) is 72.5 Å². The second-order valence-electron chi connectivity index (χ2n) is 8.31. The van der Waals surface area contributed by atoms with E-state index in [-0.39, 0.29) is 17.9 Å². The summed E-state index contributed by atoms with van der Waals surface area (Å²) < 4.78 is 0. The lowest BCUT2D eigenvalue weighted by Crippen LogP contribution is -2.38. The van der Waals surface area contributed by atoms with Gasteiger partial charge in [0.2, 0.25) is 0 Å². The highest BCUT2D eigenvalue weighted by Gasteiger charge is 2.52. The molecule has 28 heavy (non-hydrogen) atoms. The van der Waals surface area contributed by atoms with Gasteiger partial charge in [0.1, 0.15) is 0 Å². The van der Waals surface area contributed by atoms with Crippen LogP contribution in [0.4, 0.5) is 0 Å². The van der Waals surface area contributed by atoms with Crippen LogP contribution in [0, 0.1) is 11.3 Å². The number of hydrogen-bond acceptors (Lipinski definition) is 4. The molecule has 2 fully saturated rings. The number of aromatic amines is 1. The zero-order chi connectivity index (χ0) is 19.6. The van der Waals surface area contributed by atoms with Crippen LogP contribution in [-0.4, -0.2) is 70.3 Å². The third kappa shape index (κ3) is 3.59. The molecule has 0 saturated carbocycles. The molecule has 2 atom stereocenters. The molecule has 4 rings (SSSR count). The number of aryl methyl sites for hydroxylation is 2. The SMILES string of the molecule is CCc1[nH]ncc1C(=O)N1CC2CN(CCO)CC2(CCc2ccccc2)C1. The quantitative estimate of drug-likeness (QED) is 0.768. The number of fused-ring (bicyclic) bond motifs is 1. The smallest absolute Gasteiger partial charge is 0.257 e. The Morgan fingerprint density at radius 3 is 2.86 bits per heavy atom. The molecule has 0 bridgehead atoms. The van der Waals surface area contributed by atoms with Crippen LogP contribution in [0.25, 0.3) is 0 Å². The number of H-pyrrole nitrogens is 1. The number of likely N-dealkylation sites (tertiary alicyclic amines) is 2. The molecule has 2 aromatic rings. The number of aliphatic hydroxyl groups excluding tert-OH is 1. The van der Waals surface area contributed by atoms with E-state index in [0.717, 1.165) is 57.7 Å². The Balaban J connectivity index is 1.51. The van der Waals surface area contributed by atoms with Crippen LogP contribution >= 0.6 is 0 Å². The average Bonchev–Trinajstić information content (AvgIpc) is 3.39. The van der Waals surface area contributed by atoms with Gasteiger partial charge in [-0.1, -0.05) is 37.3 Å². The van der Waals surface area contributed by atoms with Gasteiger partial charge in [-0.3, -0.25) is 9.89 Å². The minimum absolute atomic E-state index is 0.104. The summed E-state index contributed by atoms with van der Waals surface area (Å²) in [4.78, 5) is 17.6. The molecule has 1 amide bonds. The Bertz CT molecular complexity index is 806. The van der Waals surface area contributed by atoms with Crippen LogP contribution in [0.3, 0.4) is 0 Å². The molecule has 1 aromatic carbocycles. The van der Waals surface area contributed by atoms with Crippen molar-refractivity contribution in [1.82, 2.24) is 20.0 Å². The normalized spacial score (nSPS) is 24.6. The van der Waals surface area contributed by atoms with Crippen molar-refractivity contribution < 1.29 is 9.90 Å². The number of hydrogen-bond donors (Lipinski definition) is 2. The number of aromatic nitrogens is 2. The van der Waals surface area contributed by atoms with E-state index in [0.29, 0.717) is 11.5 Å². The predicted molar refractivity (Wildman–Crippen MR) is 108 cm³/mol. The van der Waals surface area contributed by atoms with Crippen LogP contribution in [0.1, 0.15) is 35.0 Å². The fourth-order valence-corrected chi connectivity index (χ4v) is 5.09. The van der Waals surface area contributed by atoms with Crippen LogP contribution < -0.4 is 0 Å². The molecule has 2 unspecified atom stereocenters. The van der Waals surface area contributed by atoms with Crippen molar-refractivity contribution >= 4 is 5.91 Å². The number of rotatable bonds is 7. The molecule has 0 spiro atoms. The maximum absolute atomic E-state index is 13.2. The molecule has 2 N–H and O–H groups in total. The van der Waals surface area contributed by atoms with E-state index in [1.54, 1.807) is 6.20 Å². The third-order valence-corrected chi connectivity index (χ3v) is 6.59. The third-order valence-electron chi connectivity index (χ3n) is 6.59. The fourth-order valence-electron chi connectivity index (χ4n) is 5.09. The highest BCUT2D eigenvalue weighted by Crippen LogP contribution is 2.46. The highest BCUT2D eigenvalue weighted by atomic mass is 16.3. The molecule has 3 heterocycles. The second kappa shape index (κ2) is 8.05. The van der Waals surface area contributed by atoms with E-state index in [4.69, 9.17) is 0 Å². The number of benzene rings is 1. The summed E-state index contributed by atoms with van der Waals surface area (Å²) in [7, 11) is 0. The minimum atomic E-state index is 0.104. The van der Waals surface area contributed by atoms with Gasteiger partial charge in [-0.15, -0.1) is 0 Å². The number of β-amino-alcohol motifs (C(OH)–C–C–N with tert-alkyl or cyclic N) is 1. The first kappa shape index (κ1) is 19.2. The highest BCUT2D eigenvalue weighted by molar-refractivity contribution is 5.95. The van der Waals surface area contributed by atoms with Gasteiger partial charge in [0.25, 0.3) is 5.91 Å².